The number of fused-ring (bicyclic) bond motifs is 1. The number of non-ortho nitro benzene ring substituents is 1. The highest BCUT2D eigenvalue weighted by molar-refractivity contribution is 6.23. The molecule has 0 unspecified atom stereocenters. The molecule has 0 saturated carbocycles. The van der Waals surface area contributed by atoms with E-state index in [4.69, 9.17) is 4.84 Å². The standard InChI is InChI=1S/C24H19N3O5/c1-15-10-12-16(13-11-15)21-20-22(24(29)25(23(20)28)17-6-3-2-4-7-17)32-26(21)18-8-5-9-19(14-18)27(30)31/h2-14,20-22H,1H3/t20-,21+,22+/m0/s1. The molecule has 3 aromatic carbocycles. The van der Waals surface area contributed by atoms with Crippen molar-refractivity contribution in [3.8, 4) is 0 Å². The zero-order valence-electron chi connectivity index (χ0n) is 17.1. The molecular weight excluding hydrogens is 410 g/mol. The van der Waals surface area contributed by atoms with Crippen LogP contribution in [0.5, 0.6) is 0 Å². The maximum atomic E-state index is 13.5. The van der Waals surface area contributed by atoms with Gasteiger partial charge in [0.25, 0.3) is 11.6 Å². The normalized spacial score (nSPS) is 22.3. The van der Waals surface area contributed by atoms with E-state index in [9.17, 15) is 19.7 Å². The number of nitro benzene ring substituents is 1. The Labute approximate surface area is 183 Å². The molecule has 2 heterocycles. The second-order valence-electron chi connectivity index (χ2n) is 7.86. The molecule has 3 aromatic rings. The molecule has 2 amide bonds. The fourth-order valence-electron chi connectivity index (χ4n) is 4.32. The first-order chi connectivity index (χ1) is 15.5. The third-order valence-corrected chi connectivity index (χ3v) is 5.84. The number of anilines is 2. The fourth-order valence-corrected chi connectivity index (χ4v) is 4.32. The second kappa shape index (κ2) is 7.58. The molecule has 0 radical (unpaired) electrons. The maximum Gasteiger partial charge on any atom is 0.271 e. The number of hydroxylamine groups is 1. The minimum Gasteiger partial charge on any atom is -0.273 e. The quantitative estimate of drug-likeness (QED) is 0.354. The van der Waals surface area contributed by atoms with Crippen LogP contribution in [0.4, 0.5) is 17.1 Å². The Morgan fingerprint density at radius 1 is 0.875 bits per heavy atom. The van der Waals surface area contributed by atoms with Crippen molar-refractivity contribution in [2.45, 2.75) is 19.1 Å². The molecule has 2 saturated heterocycles. The summed E-state index contributed by atoms with van der Waals surface area (Å²) in [5.41, 5.74) is 2.63. The van der Waals surface area contributed by atoms with Gasteiger partial charge in [0.2, 0.25) is 5.91 Å². The molecule has 2 aliphatic rings. The van der Waals surface area contributed by atoms with Gasteiger partial charge in [0, 0.05) is 12.1 Å². The van der Waals surface area contributed by atoms with Gasteiger partial charge in [-0.1, -0.05) is 54.1 Å². The number of aryl methyl sites for hydroxylation is 1. The number of carbonyl (C=O) groups is 2. The molecule has 5 rings (SSSR count). The first-order valence-electron chi connectivity index (χ1n) is 10.2. The number of benzene rings is 3. The van der Waals surface area contributed by atoms with E-state index in [2.05, 4.69) is 0 Å². The first-order valence-corrected chi connectivity index (χ1v) is 10.2. The summed E-state index contributed by atoms with van der Waals surface area (Å²) < 4.78 is 0. The average molecular weight is 429 g/mol. The molecule has 0 aliphatic carbocycles. The largest absolute Gasteiger partial charge is 0.273 e. The molecule has 160 valence electrons. The summed E-state index contributed by atoms with van der Waals surface area (Å²) in [7, 11) is 0. The zero-order chi connectivity index (χ0) is 22.4. The van der Waals surface area contributed by atoms with Crippen molar-refractivity contribution in [3.63, 3.8) is 0 Å². The monoisotopic (exact) mass is 429 g/mol. The third kappa shape index (κ3) is 3.12. The van der Waals surface area contributed by atoms with Gasteiger partial charge in [0.1, 0.15) is 5.92 Å². The lowest BCUT2D eigenvalue weighted by atomic mass is 9.90. The summed E-state index contributed by atoms with van der Waals surface area (Å²) in [6.45, 7) is 1.96. The predicted molar refractivity (Wildman–Crippen MR) is 117 cm³/mol. The van der Waals surface area contributed by atoms with E-state index in [-0.39, 0.29) is 11.6 Å². The summed E-state index contributed by atoms with van der Waals surface area (Å²) in [6, 6.07) is 21.7. The Kier molecular flexibility index (Phi) is 4.71. The molecule has 2 fully saturated rings. The van der Waals surface area contributed by atoms with Gasteiger partial charge in [-0.05, 0) is 30.7 Å². The summed E-state index contributed by atoms with van der Waals surface area (Å²) in [4.78, 5) is 44.7. The fraction of sp³-hybridized carbons (Fsp3) is 0.167. The zero-order valence-corrected chi connectivity index (χ0v) is 17.1. The Morgan fingerprint density at radius 2 is 1.56 bits per heavy atom. The van der Waals surface area contributed by atoms with E-state index in [1.54, 1.807) is 36.4 Å². The number of rotatable bonds is 4. The van der Waals surface area contributed by atoms with Crippen molar-refractivity contribution in [3.05, 3.63) is 100 Å². The van der Waals surface area contributed by atoms with E-state index in [0.29, 0.717) is 11.4 Å². The molecule has 8 nitrogen and oxygen atoms in total. The molecule has 0 spiro atoms. The highest BCUT2D eigenvalue weighted by Crippen LogP contribution is 2.47. The van der Waals surface area contributed by atoms with Gasteiger partial charge in [-0.25, -0.2) is 9.96 Å². The molecular formula is C24H19N3O5. The third-order valence-electron chi connectivity index (χ3n) is 5.84. The van der Waals surface area contributed by atoms with Gasteiger partial charge in [0.15, 0.2) is 6.10 Å². The number of para-hydroxylation sites is 1. The SMILES string of the molecule is Cc1ccc([C@@H]2[C@@H]3C(=O)N(c4ccccc4)C(=O)[C@@H]3ON2c2cccc([N+](=O)[O-])c2)cc1. The van der Waals surface area contributed by atoms with E-state index in [1.165, 1.54) is 22.1 Å². The molecule has 0 N–H and O–H groups in total. The number of nitro groups is 1. The lowest BCUT2D eigenvalue weighted by Gasteiger charge is -2.28. The van der Waals surface area contributed by atoms with Crippen LogP contribution in [0.15, 0.2) is 78.9 Å². The molecule has 32 heavy (non-hydrogen) atoms. The van der Waals surface area contributed by atoms with Gasteiger partial charge in [-0.3, -0.25) is 24.5 Å². The van der Waals surface area contributed by atoms with Crippen LogP contribution in [0, 0.1) is 23.0 Å². The molecule has 0 bridgehead atoms. The Balaban J connectivity index is 1.60. The lowest BCUT2D eigenvalue weighted by Crippen LogP contribution is -2.37. The summed E-state index contributed by atoms with van der Waals surface area (Å²) in [5, 5.41) is 12.8. The number of imide groups is 1. The highest BCUT2D eigenvalue weighted by Gasteiger charge is 2.60. The number of hydrogen-bond acceptors (Lipinski definition) is 6. The van der Waals surface area contributed by atoms with Crippen LogP contribution in [-0.4, -0.2) is 22.8 Å². The van der Waals surface area contributed by atoms with Crippen molar-refractivity contribution < 1.29 is 19.3 Å². The first kappa shape index (κ1) is 19.9. The van der Waals surface area contributed by atoms with Gasteiger partial charge >= 0.3 is 0 Å². The van der Waals surface area contributed by atoms with Crippen LogP contribution in [0.1, 0.15) is 17.2 Å². The summed E-state index contributed by atoms with van der Waals surface area (Å²) >= 11 is 0. The summed E-state index contributed by atoms with van der Waals surface area (Å²) in [6.07, 6.45) is -1.02. The number of hydrogen-bond donors (Lipinski definition) is 0. The maximum absolute atomic E-state index is 13.5. The molecule has 2 aliphatic heterocycles. The Hall–Kier alpha value is -4.04. The van der Waals surface area contributed by atoms with Crippen molar-refractivity contribution in [2.75, 3.05) is 9.96 Å². The lowest BCUT2D eigenvalue weighted by molar-refractivity contribution is -0.384. The van der Waals surface area contributed by atoms with Crippen LogP contribution >= 0.6 is 0 Å². The predicted octanol–water partition coefficient (Wildman–Crippen LogP) is 3.95. The van der Waals surface area contributed by atoms with E-state index in [0.717, 1.165) is 11.1 Å². The van der Waals surface area contributed by atoms with E-state index < -0.39 is 28.9 Å². The Bertz CT molecular complexity index is 1210. The molecule has 0 aromatic heterocycles. The van der Waals surface area contributed by atoms with Crippen LogP contribution in [0.3, 0.4) is 0 Å². The summed E-state index contributed by atoms with van der Waals surface area (Å²) in [5.74, 6) is -1.59. The number of amides is 2. The highest BCUT2D eigenvalue weighted by atomic mass is 16.7. The van der Waals surface area contributed by atoms with Crippen LogP contribution in [0.2, 0.25) is 0 Å². The van der Waals surface area contributed by atoms with Gasteiger partial charge in [-0.15, -0.1) is 0 Å². The number of carbonyl (C=O) groups excluding carboxylic acids is 2. The topological polar surface area (TPSA) is 93.0 Å². The number of nitrogens with zero attached hydrogens (tertiary/aromatic N) is 3. The van der Waals surface area contributed by atoms with Gasteiger partial charge in [0.05, 0.1) is 22.3 Å². The molecule has 3 atom stereocenters. The van der Waals surface area contributed by atoms with Crippen molar-refractivity contribution >= 4 is 28.9 Å². The van der Waals surface area contributed by atoms with Crippen molar-refractivity contribution in [1.29, 1.82) is 0 Å². The van der Waals surface area contributed by atoms with Crippen molar-refractivity contribution in [1.82, 2.24) is 0 Å². The minimum absolute atomic E-state index is 0.102. The molecule has 8 heteroatoms. The van der Waals surface area contributed by atoms with Crippen molar-refractivity contribution in [2.24, 2.45) is 5.92 Å². The minimum atomic E-state index is -1.02. The van der Waals surface area contributed by atoms with Crippen LogP contribution in [0.25, 0.3) is 0 Å². The smallest absolute Gasteiger partial charge is 0.271 e. The Morgan fingerprint density at radius 3 is 2.25 bits per heavy atom. The van der Waals surface area contributed by atoms with E-state index >= 15 is 0 Å². The van der Waals surface area contributed by atoms with E-state index in [1.807, 2.05) is 37.3 Å². The van der Waals surface area contributed by atoms with Gasteiger partial charge in [-0.2, -0.15) is 0 Å². The van der Waals surface area contributed by atoms with Crippen LogP contribution in [-0.2, 0) is 14.4 Å². The van der Waals surface area contributed by atoms with Gasteiger partial charge < -0.3 is 0 Å². The second-order valence-corrected chi connectivity index (χ2v) is 7.86. The van der Waals surface area contributed by atoms with Crippen LogP contribution < -0.4 is 9.96 Å². The average Bonchev–Trinajstić information content (AvgIpc) is 3.31.